The summed E-state index contributed by atoms with van der Waals surface area (Å²) in [6.45, 7) is 2.13. The van der Waals surface area contributed by atoms with Gasteiger partial charge in [0.15, 0.2) is 16.4 Å². The molecule has 0 aliphatic carbocycles. The normalized spacial score (nSPS) is 19.5. The highest BCUT2D eigenvalue weighted by atomic mass is 32.2. The number of aromatic nitrogens is 1. The molecule has 1 aromatic carbocycles. The molecular formula is C21H26FN3O5S2. The molecule has 11 heteroatoms. The molecule has 1 amide bonds. The number of halogens is 1. The van der Waals surface area contributed by atoms with Crippen LogP contribution in [0.1, 0.15) is 43.8 Å². The third kappa shape index (κ3) is 5.52. The van der Waals surface area contributed by atoms with Gasteiger partial charge in [0.2, 0.25) is 10.0 Å². The van der Waals surface area contributed by atoms with Gasteiger partial charge in [0.25, 0.3) is 5.91 Å². The van der Waals surface area contributed by atoms with Gasteiger partial charge in [-0.3, -0.25) is 10.1 Å². The van der Waals surface area contributed by atoms with E-state index < -0.39 is 27.2 Å². The number of sulfonamides is 1. The van der Waals surface area contributed by atoms with Crippen LogP contribution in [0.5, 0.6) is 0 Å². The summed E-state index contributed by atoms with van der Waals surface area (Å²) >= 11 is 0.726. The predicted molar refractivity (Wildman–Crippen MR) is 117 cm³/mol. The lowest BCUT2D eigenvalue weighted by Crippen LogP contribution is -2.35. The smallest absolute Gasteiger partial charge is 0.259 e. The second-order valence-electron chi connectivity index (χ2n) is 7.82. The Bertz CT molecular complexity index is 1020. The first-order chi connectivity index (χ1) is 15.4. The van der Waals surface area contributed by atoms with Gasteiger partial charge in [-0.05, 0) is 43.4 Å². The van der Waals surface area contributed by atoms with Crippen LogP contribution in [0.15, 0.2) is 35.4 Å². The van der Waals surface area contributed by atoms with Crippen molar-refractivity contribution in [3.63, 3.8) is 0 Å². The summed E-state index contributed by atoms with van der Waals surface area (Å²) in [5.74, 6) is -0.488. The number of piperidine rings is 1. The predicted octanol–water partition coefficient (Wildman–Crippen LogP) is 3.33. The number of carbonyl (C=O) groups excluding carboxylic acids is 1. The first-order valence-corrected chi connectivity index (χ1v) is 12.9. The third-order valence-electron chi connectivity index (χ3n) is 5.58. The van der Waals surface area contributed by atoms with Crippen molar-refractivity contribution in [2.45, 2.75) is 49.2 Å². The number of nitrogens with zero attached hydrogens (tertiary/aromatic N) is 2. The molecule has 0 saturated carbocycles. The third-order valence-corrected chi connectivity index (χ3v) is 8.19. The minimum atomic E-state index is -3.57. The standard InChI is InChI=1S/C21H26FN3O5S2/c22-18-14-23-21(31-18)24-20(26)19(30-16-8-12-29-13-9-16)15-4-6-17(7-5-15)32(27,28)25-10-2-1-3-11-25/h4-7,14,16,19H,1-3,8-13H2,(H,23,24,26). The van der Waals surface area contributed by atoms with E-state index in [1.807, 2.05) is 0 Å². The van der Waals surface area contributed by atoms with Gasteiger partial charge in [0, 0.05) is 26.3 Å². The van der Waals surface area contributed by atoms with Crippen LogP contribution in [0, 0.1) is 5.13 Å². The number of thiazole rings is 1. The fourth-order valence-electron chi connectivity index (χ4n) is 3.85. The van der Waals surface area contributed by atoms with E-state index in [0.29, 0.717) is 44.7 Å². The molecule has 4 rings (SSSR count). The maximum Gasteiger partial charge on any atom is 0.259 e. The fourth-order valence-corrected chi connectivity index (χ4v) is 5.91. The van der Waals surface area contributed by atoms with E-state index in [2.05, 4.69) is 10.3 Å². The molecule has 3 heterocycles. The van der Waals surface area contributed by atoms with Gasteiger partial charge in [0.05, 0.1) is 17.2 Å². The summed E-state index contributed by atoms with van der Waals surface area (Å²) in [7, 11) is -3.57. The van der Waals surface area contributed by atoms with Crippen molar-refractivity contribution in [3.8, 4) is 0 Å². The first-order valence-electron chi connectivity index (χ1n) is 10.7. The zero-order valence-electron chi connectivity index (χ0n) is 17.5. The van der Waals surface area contributed by atoms with Gasteiger partial charge < -0.3 is 9.47 Å². The average molecular weight is 484 g/mol. The molecule has 2 aromatic rings. The molecule has 0 bridgehead atoms. The number of amides is 1. The van der Waals surface area contributed by atoms with Crippen LogP contribution >= 0.6 is 11.3 Å². The summed E-state index contributed by atoms with van der Waals surface area (Å²) in [6, 6.07) is 6.22. The molecule has 174 valence electrons. The Balaban J connectivity index is 1.54. The zero-order chi connectivity index (χ0) is 22.6. The Morgan fingerprint density at radius 3 is 2.50 bits per heavy atom. The van der Waals surface area contributed by atoms with Crippen LogP contribution in [-0.2, 0) is 24.3 Å². The van der Waals surface area contributed by atoms with Crippen molar-refractivity contribution in [2.24, 2.45) is 0 Å². The Kier molecular flexibility index (Phi) is 7.51. The van der Waals surface area contributed by atoms with Crippen LogP contribution in [-0.4, -0.2) is 56.0 Å². The van der Waals surface area contributed by atoms with E-state index in [1.54, 1.807) is 12.1 Å². The number of nitrogens with one attached hydrogen (secondary N) is 1. The quantitative estimate of drug-likeness (QED) is 0.649. The zero-order valence-corrected chi connectivity index (χ0v) is 19.2. The van der Waals surface area contributed by atoms with Gasteiger partial charge in [-0.2, -0.15) is 8.70 Å². The molecule has 1 unspecified atom stereocenters. The van der Waals surface area contributed by atoms with Gasteiger partial charge in [-0.25, -0.2) is 13.4 Å². The molecule has 1 aromatic heterocycles. The highest BCUT2D eigenvalue weighted by molar-refractivity contribution is 7.89. The summed E-state index contributed by atoms with van der Waals surface area (Å²) in [5.41, 5.74) is 0.517. The van der Waals surface area contributed by atoms with Crippen LogP contribution in [0.2, 0.25) is 0 Å². The highest BCUT2D eigenvalue weighted by Crippen LogP contribution is 2.28. The van der Waals surface area contributed by atoms with Crippen LogP contribution in [0.25, 0.3) is 0 Å². The second-order valence-corrected chi connectivity index (χ2v) is 10.7. The maximum absolute atomic E-state index is 13.3. The molecular weight excluding hydrogens is 457 g/mol. The van der Waals surface area contributed by atoms with Crippen molar-refractivity contribution >= 4 is 32.4 Å². The van der Waals surface area contributed by atoms with Crippen LogP contribution < -0.4 is 5.32 Å². The molecule has 1 N–H and O–H groups in total. The van der Waals surface area contributed by atoms with Crippen molar-refractivity contribution in [1.29, 1.82) is 0 Å². The summed E-state index contributed by atoms with van der Waals surface area (Å²) in [4.78, 5) is 17.0. The van der Waals surface area contributed by atoms with Crippen molar-refractivity contribution in [1.82, 2.24) is 9.29 Å². The molecule has 2 fully saturated rings. The number of hydrogen-bond acceptors (Lipinski definition) is 7. The monoisotopic (exact) mass is 483 g/mol. The SMILES string of the molecule is O=C(Nc1ncc(F)s1)C(OC1CCOCC1)c1ccc(S(=O)(=O)N2CCCCC2)cc1. The molecule has 0 radical (unpaired) electrons. The topological polar surface area (TPSA) is 97.8 Å². The first kappa shape index (κ1) is 23.2. The molecule has 2 aliphatic heterocycles. The lowest BCUT2D eigenvalue weighted by molar-refractivity contribution is -0.136. The molecule has 1 atom stereocenters. The molecule has 0 spiro atoms. The highest BCUT2D eigenvalue weighted by Gasteiger charge is 2.29. The average Bonchev–Trinajstić information content (AvgIpc) is 3.23. The summed E-state index contributed by atoms with van der Waals surface area (Å²) < 4.78 is 52.1. The lowest BCUT2D eigenvalue weighted by Gasteiger charge is -2.28. The van der Waals surface area contributed by atoms with Crippen molar-refractivity contribution < 1.29 is 27.1 Å². The lowest BCUT2D eigenvalue weighted by atomic mass is 10.1. The van der Waals surface area contributed by atoms with E-state index in [0.717, 1.165) is 36.8 Å². The maximum atomic E-state index is 13.3. The van der Waals surface area contributed by atoms with Crippen LogP contribution in [0.3, 0.4) is 0 Å². The summed E-state index contributed by atoms with van der Waals surface area (Å²) in [5, 5.41) is 2.22. The Morgan fingerprint density at radius 2 is 1.88 bits per heavy atom. The van der Waals surface area contributed by atoms with Crippen molar-refractivity contribution in [2.75, 3.05) is 31.6 Å². The van der Waals surface area contributed by atoms with E-state index in [9.17, 15) is 17.6 Å². The van der Waals surface area contributed by atoms with E-state index in [-0.39, 0.29) is 16.1 Å². The minimum absolute atomic E-state index is 0.136. The number of ether oxygens (including phenoxy) is 2. The van der Waals surface area contributed by atoms with Gasteiger partial charge in [-0.15, -0.1) is 0 Å². The Morgan fingerprint density at radius 1 is 1.19 bits per heavy atom. The second kappa shape index (κ2) is 10.3. The fraction of sp³-hybridized carbons (Fsp3) is 0.524. The minimum Gasteiger partial charge on any atom is -0.381 e. The van der Waals surface area contributed by atoms with Gasteiger partial charge in [0.1, 0.15) is 0 Å². The molecule has 32 heavy (non-hydrogen) atoms. The summed E-state index contributed by atoms with van der Waals surface area (Å²) in [6.07, 6.45) is 3.92. The van der Waals surface area contributed by atoms with Crippen molar-refractivity contribution in [3.05, 3.63) is 41.2 Å². The number of rotatable bonds is 7. The van der Waals surface area contributed by atoms with Gasteiger partial charge >= 0.3 is 0 Å². The largest absolute Gasteiger partial charge is 0.381 e. The number of carbonyl (C=O) groups is 1. The molecule has 8 nitrogen and oxygen atoms in total. The number of hydrogen-bond donors (Lipinski definition) is 1. The number of benzene rings is 1. The number of anilines is 1. The van der Waals surface area contributed by atoms with E-state index >= 15 is 0 Å². The molecule has 2 aliphatic rings. The van der Waals surface area contributed by atoms with E-state index in [4.69, 9.17) is 9.47 Å². The van der Waals surface area contributed by atoms with Gasteiger partial charge in [-0.1, -0.05) is 29.9 Å². The Labute approximate surface area is 190 Å². The van der Waals surface area contributed by atoms with E-state index in [1.165, 1.54) is 16.4 Å². The molecule has 2 saturated heterocycles. The Hall–Kier alpha value is -1.92. The van der Waals surface area contributed by atoms with Crippen LogP contribution in [0.4, 0.5) is 9.52 Å².